The molecule has 0 radical (unpaired) electrons. The number of oxime groups is 1. The summed E-state index contributed by atoms with van der Waals surface area (Å²) in [6, 6.07) is -0.961. The quantitative estimate of drug-likeness (QED) is 0.0599. The van der Waals surface area contributed by atoms with Gasteiger partial charge < -0.3 is 26.7 Å². The Bertz CT molecular complexity index is 1290. The number of fused-ring (bicyclic) bond motifs is 1. The highest BCUT2D eigenvalue weighted by Gasteiger charge is 2.54. The summed E-state index contributed by atoms with van der Waals surface area (Å²) in [5.74, 6) is -1.90. The van der Waals surface area contributed by atoms with Gasteiger partial charge in [0, 0.05) is 23.4 Å². The van der Waals surface area contributed by atoms with Crippen molar-refractivity contribution in [2.75, 3.05) is 30.4 Å². The van der Waals surface area contributed by atoms with Gasteiger partial charge in [-0.05, 0) is 16.0 Å². The van der Waals surface area contributed by atoms with Gasteiger partial charge in [0.2, 0.25) is 5.16 Å². The molecule has 2 aromatic heterocycles. The lowest BCUT2D eigenvalue weighted by molar-refractivity contribution is -0.150. The Kier molecular flexibility index (Phi) is 12.0. The van der Waals surface area contributed by atoms with Gasteiger partial charge in [-0.15, -0.1) is 59.6 Å². The first-order valence-corrected chi connectivity index (χ1v) is 13.6. The number of aromatic nitrogens is 5. The molecular weight excluding hydrogens is 615 g/mol. The summed E-state index contributed by atoms with van der Waals surface area (Å²) >= 11 is 3.71. The highest BCUT2D eigenvalue weighted by Crippen LogP contribution is 2.41. The third-order valence-electron chi connectivity index (χ3n) is 5.06. The van der Waals surface area contributed by atoms with Crippen LogP contribution in [0.3, 0.4) is 0 Å². The van der Waals surface area contributed by atoms with Gasteiger partial charge in [0.15, 0.2) is 10.8 Å². The minimum atomic E-state index is -1.24. The topological polar surface area (TPSA) is 217 Å². The van der Waals surface area contributed by atoms with E-state index in [9.17, 15) is 19.5 Å². The second kappa shape index (κ2) is 14.5. The average molecular weight is 640 g/mol. The number of amides is 2. The zero-order valence-corrected chi connectivity index (χ0v) is 24.0. The number of nitrogens with two attached hydrogens (primary N) is 2. The fraction of sp³-hybridized carbons (Fsp3) is 0.368. The Morgan fingerprint density at radius 3 is 2.82 bits per heavy atom. The Hall–Kier alpha value is -2.90. The van der Waals surface area contributed by atoms with Gasteiger partial charge in [-0.25, -0.2) is 14.5 Å². The number of halogens is 2. The number of allylic oxidation sites excluding steroid dienone is 1. The molecule has 15 nitrogen and oxygen atoms in total. The molecule has 1 fully saturated rings. The van der Waals surface area contributed by atoms with Crippen LogP contribution in [-0.2, 0) is 25.8 Å². The largest absolute Gasteiger partial charge is 0.477 e. The number of rotatable bonds is 12. The van der Waals surface area contributed by atoms with Crippen molar-refractivity contribution in [1.29, 1.82) is 0 Å². The highest BCUT2D eigenvalue weighted by atomic mass is 35.5. The maximum absolute atomic E-state index is 13.0. The first kappa shape index (κ1) is 32.3. The van der Waals surface area contributed by atoms with E-state index in [1.54, 1.807) is 6.08 Å². The molecule has 2 aromatic rings. The van der Waals surface area contributed by atoms with Crippen LogP contribution in [0.4, 0.5) is 5.13 Å². The number of thioether (sulfide) groups is 2. The Labute approximate surface area is 246 Å². The second-order valence-electron chi connectivity index (χ2n) is 7.47. The van der Waals surface area contributed by atoms with Crippen LogP contribution in [-0.4, -0.2) is 94.8 Å². The zero-order valence-electron chi connectivity index (χ0n) is 20.0. The smallest absolute Gasteiger partial charge is 0.352 e. The van der Waals surface area contributed by atoms with Crippen molar-refractivity contribution in [3.63, 3.8) is 0 Å². The van der Waals surface area contributed by atoms with Gasteiger partial charge in [-0.1, -0.05) is 23.0 Å². The van der Waals surface area contributed by atoms with Crippen LogP contribution in [0.25, 0.3) is 0 Å². The van der Waals surface area contributed by atoms with Gasteiger partial charge >= 0.3 is 5.97 Å². The average Bonchev–Trinajstić information content (AvgIpc) is 3.51. The molecule has 2 aliphatic rings. The summed E-state index contributed by atoms with van der Waals surface area (Å²) in [5.41, 5.74) is 11.5. The molecule has 0 spiro atoms. The van der Waals surface area contributed by atoms with Crippen LogP contribution < -0.4 is 16.8 Å². The van der Waals surface area contributed by atoms with Crippen LogP contribution in [0, 0.1) is 0 Å². The van der Waals surface area contributed by atoms with Gasteiger partial charge in [0.05, 0.1) is 6.54 Å². The number of carbonyl (C=O) groups is 3. The van der Waals surface area contributed by atoms with E-state index in [2.05, 4.69) is 37.6 Å². The third kappa shape index (κ3) is 7.00. The number of nitrogen functional groups attached to an aromatic ring is 1. The van der Waals surface area contributed by atoms with E-state index in [1.807, 2.05) is 0 Å². The first-order valence-electron chi connectivity index (χ1n) is 10.7. The van der Waals surface area contributed by atoms with E-state index in [-0.39, 0.29) is 66.0 Å². The molecule has 2 atom stereocenters. The number of carboxylic acids is 1. The van der Waals surface area contributed by atoms with Gasteiger partial charge in [-0.2, -0.15) is 0 Å². The Morgan fingerprint density at radius 1 is 1.41 bits per heavy atom. The first-order chi connectivity index (χ1) is 17.8. The Balaban J connectivity index is 0.00000267. The maximum Gasteiger partial charge on any atom is 0.352 e. The van der Waals surface area contributed by atoms with Crippen LogP contribution in [0.5, 0.6) is 0 Å². The van der Waals surface area contributed by atoms with E-state index in [4.69, 9.17) is 16.3 Å². The number of thiazole rings is 1. The van der Waals surface area contributed by atoms with Crippen molar-refractivity contribution in [2.24, 2.45) is 10.9 Å². The van der Waals surface area contributed by atoms with Crippen LogP contribution in [0.2, 0.25) is 0 Å². The number of hydrogen-bond acceptors (Lipinski definition) is 14. The van der Waals surface area contributed by atoms with E-state index in [0.29, 0.717) is 23.0 Å². The van der Waals surface area contributed by atoms with E-state index < -0.39 is 29.2 Å². The highest BCUT2D eigenvalue weighted by molar-refractivity contribution is 8.01. The number of anilines is 1. The molecule has 39 heavy (non-hydrogen) atoms. The number of β-lactam (4-membered cyclic amide) rings is 1. The van der Waals surface area contributed by atoms with Crippen molar-refractivity contribution in [1.82, 2.24) is 35.4 Å². The summed E-state index contributed by atoms with van der Waals surface area (Å²) in [6.45, 7) is 4.30. The summed E-state index contributed by atoms with van der Waals surface area (Å²) in [6.07, 6.45) is 1.64. The maximum atomic E-state index is 13.0. The predicted octanol–water partition coefficient (Wildman–Crippen LogP) is -0.0483. The molecule has 6 N–H and O–H groups in total. The molecule has 212 valence electrons. The van der Waals surface area contributed by atoms with Gasteiger partial charge in [-0.3, -0.25) is 14.5 Å². The van der Waals surface area contributed by atoms with E-state index in [1.165, 1.54) is 38.5 Å². The molecule has 2 aliphatic heterocycles. The fourth-order valence-corrected chi connectivity index (χ4v) is 6.38. The van der Waals surface area contributed by atoms with E-state index in [0.717, 1.165) is 11.3 Å². The number of nitrogens with zero attached hydrogens (tertiary/aromatic N) is 7. The summed E-state index contributed by atoms with van der Waals surface area (Å²) < 4.78 is 1.53. The molecule has 0 aromatic carbocycles. The number of hydrogen-bond donors (Lipinski definition) is 4. The van der Waals surface area contributed by atoms with Crippen LogP contribution >= 0.6 is 59.7 Å². The van der Waals surface area contributed by atoms with Crippen molar-refractivity contribution in [2.45, 2.75) is 23.1 Å². The van der Waals surface area contributed by atoms with Gasteiger partial charge in [0.25, 0.3) is 11.8 Å². The van der Waals surface area contributed by atoms with Gasteiger partial charge in [0.1, 0.15) is 29.4 Å². The molecule has 2 amide bonds. The standard InChI is InChI=1S/C19H22N10O5S3.2ClH/c1-2-4-28-19(24-26-27-28)37-7-9-6-35-16-12(15(31)29(16)13(9)17(32)33)23-14(30)11(25-34-5-3-20)10-8-36-18(21)22-10;;/h2,8,12,16H,1,3-7,20H2,(H2,21,22)(H,23,30)(H,32,33);2*1H/b25-11+;;. The molecule has 2 unspecified atom stereocenters. The second-order valence-corrected chi connectivity index (χ2v) is 10.4. The molecule has 4 heterocycles. The number of carboxylic acid groups (broad SMARTS) is 1. The van der Waals surface area contributed by atoms with Crippen LogP contribution in [0.1, 0.15) is 5.69 Å². The van der Waals surface area contributed by atoms with Crippen LogP contribution in [0.15, 0.2) is 39.6 Å². The number of aliphatic carboxylic acids is 1. The van der Waals surface area contributed by atoms with E-state index >= 15 is 0 Å². The molecule has 20 heteroatoms. The number of nitrogens with one attached hydrogen (secondary N) is 1. The normalized spacial score (nSPS) is 18.3. The number of tetrazole rings is 1. The predicted molar refractivity (Wildman–Crippen MR) is 151 cm³/mol. The molecular formula is C19H24Cl2N10O5S3. The molecule has 4 rings (SSSR count). The lowest BCUT2D eigenvalue weighted by Crippen LogP contribution is -2.71. The SMILES string of the molecule is C=CCn1nnnc1SCC1=C(C(=O)O)N2C(=O)C(NC(=O)/C(=N/OCCN)c3csc(N)n3)C2SC1.Cl.Cl. The lowest BCUT2D eigenvalue weighted by atomic mass is 10.0. The molecule has 0 bridgehead atoms. The summed E-state index contributed by atoms with van der Waals surface area (Å²) in [4.78, 5) is 48.4. The number of carbonyl (C=O) groups excluding carboxylic acids is 2. The van der Waals surface area contributed by atoms with Crippen molar-refractivity contribution >= 4 is 88.3 Å². The summed E-state index contributed by atoms with van der Waals surface area (Å²) in [7, 11) is 0. The summed E-state index contributed by atoms with van der Waals surface area (Å²) in [5, 5.41) is 29.4. The van der Waals surface area contributed by atoms with Crippen molar-refractivity contribution < 1.29 is 24.3 Å². The minimum absolute atomic E-state index is 0. The molecule has 1 saturated heterocycles. The third-order valence-corrected chi connectivity index (χ3v) is 8.11. The zero-order chi connectivity index (χ0) is 26.5. The fourth-order valence-electron chi connectivity index (χ4n) is 3.46. The minimum Gasteiger partial charge on any atom is -0.477 e. The van der Waals surface area contributed by atoms with Crippen molar-refractivity contribution in [3.8, 4) is 0 Å². The molecule has 0 aliphatic carbocycles. The molecule has 0 saturated carbocycles. The monoisotopic (exact) mass is 638 g/mol. The Morgan fingerprint density at radius 2 is 2.18 bits per heavy atom. The lowest BCUT2D eigenvalue weighted by Gasteiger charge is -2.49. The van der Waals surface area contributed by atoms with Crippen molar-refractivity contribution in [3.05, 3.63) is 35.0 Å².